The van der Waals surface area contributed by atoms with Gasteiger partial charge in [0, 0.05) is 11.6 Å². The van der Waals surface area contributed by atoms with Gasteiger partial charge in [-0.15, -0.1) is 0 Å². The molecule has 0 saturated heterocycles. The first-order valence-electron chi connectivity index (χ1n) is 5.82. The van der Waals surface area contributed by atoms with Crippen molar-refractivity contribution in [2.45, 2.75) is 11.4 Å². The van der Waals surface area contributed by atoms with Crippen LogP contribution in [0.5, 0.6) is 5.75 Å². The summed E-state index contributed by atoms with van der Waals surface area (Å²) in [5.74, 6) is -2.78. The third-order valence-electron chi connectivity index (χ3n) is 2.73. The molecule has 0 fully saturated rings. The number of phenols is 1. The fourth-order valence-electron chi connectivity index (χ4n) is 1.65. The van der Waals surface area contributed by atoms with Crippen molar-refractivity contribution in [1.29, 1.82) is 0 Å². The van der Waals surface area contributed by atoms with E-state index in [1.54, 1.807) is 0 Å². The number of rotatable bonds is 4. The SMILES string of the molecule is O=S(=O)(NCc1ccc(F)c(F)c1)c1cc(Cl)cc(Cl)c1O. The van der Waals surface area contributed by atoms with Crippen LogP contribution in [0, 0.1) is 11.6 Å². The zero-order valence-electron chi connectivity index (χ0n) is 10.8. The first-order chi connectivity index (χ1) is 10.2. The van der Waals surface area contributed by atoms with E-state index >= 15 is 0 Å². The van der Waals surface area contributed by atoms with Crippen molar-refractivity contribution < 1.29 is 22.3 Å². The lowest BCUT2D eigenvalue weighted by molar-refractivity contribution is 0.458. The van der Waals surface area contributed by atoms with Gasteiger partial charge in [0.05, 0.1) is 5.02 Å². The Hall–Kier alpha value is -1.41. The van der Waals surface area contributed by atoms with Crippen LogP contribution < -0.4 is 4.72 Å². The predicted octanol–water partition coefficient (Wildman–Crippen LogP) is 3.46. The molecule has 0 aliphatic heterocycles. The maximum atomic E-state index is 13.1. The smallest absolute Gasteiger partial charge is 0.244 e. The number of hydrogen-bond donors (Lipinski definition) is 2. The average Bonchev–Trinajstić information content (AvgIpc) is 2.44. The van der Waals surface area contributed by atoms with Gasteiger partial charge in [-0.2, -0.15) is 0 Å². The number of phenolic OH excluding ortho intramolecular Hbond substituents is 1. The van der Waals surface area contributed by atoms with Crippen LogP contribution in [0.3, 0.4) is 0 Å². The number of nitrogens with one attached hydrogen (secondary N) is 1. The molecular weight excluding hydrogens is 359 g/mol. The van der Waals surface area contributed by atoms with Crippen molar-refractivity contribution in [3.05, 3.63) is 57.6 Å². The summed E-state index contributed by atoms with van der Waals surface area (Å²) in [6, 6.07) is 5.18. The van der Waals surface area contributed by atoms with Crippen LogP contribution >= 0.6 is 23.2 Å². The van der Waals surface area contributed by atoms with Crippen molar-refractivity contribution in [3.8, 4) is 5.75 Å². The van der Waals surface area contributed by atoms with Crippen molar-refractivity contribution in [2.75, 3.05) is 0 Å². The van der Waals surface area contributed by atoms with E-state index in [2.05, 4.69) is 4.72 Å². The molecular formula is C13H9Cl2F2NO3S. The molecule has 9 heteroatoms. The van der Waals surface area contributed by atoms with E-state index in [4.69, 9.17) is 23.2 Å². The third kappa shape index (κ3) is 3.67. The maximum Gasteiger partial charge on any atom is 0.244 e. The van der Waals surface area contributed by atoms with E-state index < -0.39 is 32.3 Å². The van der Waals surface area contributed by atoms with Crippen LogP contribution in [0.4, 0.5) is 8.78 Å². The summed E-state index contributed by atoms with van der Waals surface area (Å²) in [7, 11) is -4.14. The summed E-state index contributed by atoms with van der Waals surface area (Å²) in [5, 5.41) is 9.52. The zero-order valence-corrected chi connectivity index (χ0v) is 13.1. The minimum atomic E-state index is -4.14. The molecule has 0 aliphatic rings. The van der Waals surface area contributed by atoms with Gasteiger partial charge >= 0.3 is 0 Å². The second kappa shape index (κ2) is 6.37. The summed E-state index contributed by atoms with van der Waals surface area (Å²) in [6.07, 6.45) is 0. The van der Waals surface area contributed by atoms with Gasteiger partial charge < -0.3 is 5.11 Å². The van der Waals surface area contributed by atoms with Crippen molar-refractivity contribution in [1.82, 2.24) is 4.72 Å². The van der Waals surface area contributed by atoms with E-state index in [-0.39, 0.29) is 22.2 Å². The topological polar surface area (TPSA) is 66.4 Å². The number of benzene rings is 2. The molecule has 0 radical (unpaired) electrons. The summed E-state index contributed by atoms with van der Waals surface area (Å²) in [6.45, 7) is -0.302. The van der Waals surface area contributed by atoms with Gasteiger partial charge in [0.25, 0.3) is 0 Å². The molecule has 118 valence electrons. The molecule has 0 saturated carbocycles. The number of aromatic hydroxyl groups is 1. The normalized spacial score (nSPS) is 11.6. The van der Waals surface area contributed by atoms with Crippen molar-refractivity contribution >= 4 is 33.2 Å². The fourth-order valence-corrected chi connectivity index (χ4v) is 3.43. The van der Waals surface area contributed by atoms with E-state index in [0.29, 0.717) is 0 Å². The van der Waals surface area contributed by atoms with Gasteiger partial charge in [0.1, 0.15) is 4.90 Å². The molecule has 2 N–H and O–H groups in total. The standard InChI is InChI=1S/C13H9Cl2F2NO3S/c14-8-4-9(15)13(19)12(5-8)22(20,21)18-6-7-1-2-10(16)11(17)3-7/h1-5,18-19H,6H2. The predicted molar refractivity (Wildman–Crippen MR) is 78.5 cm³/mol. The van der Waals surface area contributed by atoms with Gasteiger partial charge in [0.2, 0.25) is 10.0 Å². The highest BCUT2D eigenvalue weighted by molar-refractivity contribution is 7.89. The van der Waals surface area contributed by atoms with Crippen LogP contribution in [0.1, 0.15) is 5.56 Å². The van der Waals surface area contributed by atoms with Gasteiger partial charge in [-0.25, -0.2) is 21.9 Å². The van der Waals surface area contributed by atoms with Crippen molar-refractivity contribution in [2.24, 2.45) is 0 Å². The molecule has 0 bridgehead atoms. The molecule has 2 aromatic carbocycles. The van der Waals surface area contributed by atoms with E-state index in [9.17, 15) is 22.3 Å². The minimum Gasteiger partial charge on any atom is -0.505 e. The second-order valence-electron chi connectivity index (χ2n) is 4.31. The average molecular weight is 368 g/mol. The first-order valence-corrected chi connectivity index (χ1v) is 8.06. The molecule has 0 amide bonds. The fraction of sp³-hybridized carbons (Fsp3) is 0.0769. The van der Waals surface area contributed by atoms with Gasteiger partial charge in [-0.05, 0) is 29.8 Å². The highest BCUT2D eigenvalue weighted by atomic mass is 35.5. The van der Waals surface area contributed by atoms with E-state index in [1.165, 1.54) is 12.1 Å². The molecule has 22 heavy (non-hydrogen) atoms. The Morgan fingerprint density at radius 2 is 1.77 bits per heavy atom. The van der Waals surface area contributed by atoms with Crippen molar-refractivity contribution in [3.63, 3.8) is 0 Å². The minimum absolute atomic E-state index is 0.0241. The highest BCUT2D eigenvalue weighted by Gasteiger charge is 2.21. The molecule has 2 rings (SSSR count). The maximum absolute atomic E-state index is 13.1. The molecule has 0 spiro atoms. The highest BCUT2D eigenvalue weighted by Crippen LogP contribution is 2.34. The van der Waals surface area contributed by atoms with Crippen LogP contribution in [0.25, 0.3) is 0 Å². The van der Waals surface area contributed by atoms with Gasteiger partial charge in [0.15, 0.2) is 17.4 Å². The molecule has 0 atom stereocenters. The second-order valence-corrected chi connectivity index (χ2v) is 6.89. The van der Waals surface area contributed by atoms with Crippen LogP contribution in [-0.4, -0.2) is 13.5 Å². The summed E-state index contributed by atoms with van der Waals surface area (Å²) >= 11 is 11.4. The largest absolute Gasteiger partial charge is 0.505 e. The Morgan fingerprint density at radius 3 is 2.41 bits per heavy atom. The van der Waals surface area contributed by atoms with E-state index in [1.807, 2.05) is 0 Å². The lowest BCUT2D eigenvalue weighted by atomic mass is 10.2. The lowest BCUT2D eigenvalue weighted by Gasteiger charge is -2.10. The monoisotopic (exact) mass is 367 g/mol. The molecule has 2 aromatic rings. The van der Waals surface area contributed by atoms with Gasteiger partial charge in [-0.3, -0.25) is 0 Å². The Morgan fingerprint density at radius 1 is 1.09 bits per heavy atom. The number of sulfonamides is 1. The Labute approximate surface area is 135 Å². The Kier molecular flexibility index (Phi) is 4.91. The molecule has 4 nitrogen and oxygen atoms in total. The summed E-state index contributed by atoms with van der Waals surface area (Å²) in [4.78, 5) is -0.507. The molecule has 0 aliphatic carbocycles. The summed E-state index contributed by atoms with van der Waals surface area (Å²) < 4.78 is 52.3. The van der Waals surface area contributed by atoms with Crippen LogP contribution in [0.2, 0.25) is 10.0 Å². The molecule has 0 aromatic heterocycles. The Bertz CT molecular complexity index is 828. The first kappa shape index (κ1) is 17.0. The third-order valence-corrected chi connectivity index (χ3v) is 4.65. The van der Waals surface area contributed by atoms with Crippen LogP contribution in [-0.2, 0) is 16.6 Å². The van der Waals surface area contributed by atoms with Crippen LogP contribution in [0.15, 0.2) is 35.2 Å². The van der Waals surface area contributed by atoms with E-state index in [0.717, 1.165) is 18.2 Å². The number of hydrogen-bond acceptors (Lipinski definition) is 3. The quantitative estimate of drug-likeness (QED) is 0.869. The molecule has 0 heterocycles. The van der Waals surface area contributed by atoms with Gasteiger partial charge in [-0.1, -0.05) is 29.3 Å². The zero-order chi connectivity index (χ0) is 16.5. The summed E-state index contributed by atoms with van der Waals surface area (Å²) in [5.41, 5.74) is 0.204. The Balaban J connectivity index is 2.27. The molecule has 0 unspecified atom stereocenters. The number of halogens is 4. The lowest BCUT2D eigenvalue weighted by Crippen LogP contribution is -2.23.